The van der Waals surface area contributed by atoms with Crippen LogP contribution in [0.2, 0.25) is 0 Å². The van der Waals surface area contributed by atoms with Crippen molar-refractivity contribution in [1.29, 1.82) is 0 Å². The first kappa shape index (κ1) is 15.1. The first-order valence-electron chi connectivity index (χ1n) is 6.02. The van der Waals surface area contributed by atoms with Gasteiger partial charge in [0.15, 0.2) is 0 Å². The fourth-order valence-electron chi connectivity index (χ4n) is 1.62. The zero-order valence-electron chi connectivity index (χ0n) is 11.6. The van der Waals surface area contributed by atoms with Crippen molar-refractivity contribution in [2.75, 3.05) is 12.0 Å². The summed E-state index contributed by atoms with van der Waals surface area (Å²) in [6.07, 6.45) is 3.93. The van der Waals surface area contributed by atoms with Gasteiger partial charge in [-0.2, -0.15) is 5.10 Å². The highest BCUT2D eigenvalue weighted by Gasteiger charge is 2.13. The van der Waals surface area contributed by atoms with Gasteiger partial charge in [0.25, 0.3) is 5.91 Å². The van der Waals surface area contributed by atoms with Gasteiger partial charge in [0.1, 0.15) is 0 Å². The average Bonchev–Trinajstić information content (AvgIpc) is 2.75. The molecule has 0 saturated heterocycles. The Balaban J connectivity index is 2.22. The van der Waals surface area contributed by atoms with Gasteiger partial charge in [-0.25, -0.2) is 17.8 Å². The van der Waals surface area contributed by atoms with E-state index >= 15 is 0 Å². The quantitative estimate of drug-likeness (QED) is 0.814. The maximum atomic E-state index is 12.2. The average molecular weight is 309 g/mol. The van der Waals surface area contributed by atoms with Gasteiger partial charge in [-0.05, 0) is 19.1 Å². The Morgan fingerprint density at radius 2 is 2.19 bits per heavy atom. The molecule has 0 fully saturated rings. The summed E-state index contributed by atoms with van der Waals surface area (Å²) in [5.41, 5.74) is 7.43. The first-order chi connectivity index (χ1) is 9.76. The monoisotopic (exact) mass is 309 g/mol. The molecule has 2 heterocycles. The standard InChI is InChI=1S/C12H15N5O3S/c1-8-11(13)7-17(16-8)12(18)9-3-4-14-10(5-9)6-15-21(2,19)20/h3-5,7,15H,6,13H2,1-2H3. The summed E-state index contributed by atoms with van der Waals surface area (Å²) >= 11 is 0. The highest BCUT2D eigenvalue weighted by Crippen LogP contribution is 2.10. The molecule has 3 N–H and O–H groups in total. The molecule has 0 bridgehead atoms. The molecule has 0 aliphatic heterocycles. The van der Waals surface area contributed by atoms with Crippen LogP contribution < -0.4 is 10.5 Å². The molecule has 0 saturated carbocycles. The third kappa shape index (κ3) is 3.86. The third-order valence-electron chi connectivity index (χ3n) is 2.72. The highest BCUT2D eigenvalue weighted by molar-refractivity contribution is 7.88. The topological polar surface area (TPSA) is 120 Å². The number of nitrogens with one attached hydrogen (secondary N) is 1. The molecule has 0 spiro atoms. The number of pyridine rings is 1. The van der Waals surface area contributed by atoms with Crippen molar-refractivity contribution in [3.63, 3.8) is 0 Å². The van der Waals surface area contributed by atoms with E-state index in [1.54, 1.807) is 6.92 Å². The zero-order valence-corrected chi connectivity index (χ0v) is 12.4. The summed E-state index contributed by atoms with van der Waals surface area (Å²) in [7, 11) is -3.32. The molecule has 2 aromatic rings. The minimum Gasteiger partial charge on any atom is -0.396 e. The van der Waals surface area contributed by atoms with Gasteiger partial charge in [-0.1, -0.05) is 0 Å². The molecule has 2 aromatic heterocycles. The van der Waals surface area contributed by atoms with E-state index in [9.17, 15) is 13.2 Å². The number of aryl methyl sites for hydroxylation is 1. The molecule has 2 rings (SSSR count). The lowest BCUT2D eigenvalue weighted by Crippen LogP contribution is -2.22. The summed E-state index contributed by atoms with van der Waals surface area (Å²) in [5.74, 6) is -0.363. The zero-order chi connectivity index (χ0) is 15.6. The summed E-state index contributed by atoms with van der Waals surface area (Å²) in [4.78, 5) is 16.3. The number of carbonyl (C=O) groups is 1. The number of hydrogen-bond acceptors (Lipinski definition) is 6. The summed E-state index contributed by atoms with van der Waals surface area (Å²) < 4.78 is 25.6. The van der Waals surface area contributed by atoms with E-state index in [0.717, 1.165) is 10.9 Å². The minimum atomic E-state index is -3.32. The van der Waals surface area contributed by atoms with E-state index in [2.05, 4.69) is 14.8 Å². The predicted octanol–water partition coefficient (Wildman–Crippen LogP) is -0.0936. The molecule has 0 atom stereocenters. The Kier molecular flexibility index (Phi) is 4.05. The molecule has 0 aromatic carbocycles. The fourth-order valence-corrected chi connectivity index (χ4v) is 2.03. The van der Waals surface area contributed by atoms with Gasteiger partial charge >= 0.3 is 0 Å². The van der Waals surface area contributed by atoms with Gasteiger partial charge in [0, 0.05) is 11.8 Å². The largest absolute Gasteiger partial charge is 0.396 e. The lowest BCUT2D eigenvalue weighted by Gasteiger charge is -2.04. The Morgan fingerprint density at radius 1 is 1.48 bits per heavy atom. The molecule has 112 valence electrons. The van der Waals surface area contributed by atoms with Crippen LogP contribution in [0.5, 0.6) is 0 Å². The van der Waals surface area contributed by atoms with Crippen molar-refractivity contribution in [1.82, 2.24) is 19.5 Å². The molecule has 0 aliphatic rings. The minimum absolute atomic E-state index is 0.0141. The van der Waals surface area contributed by atoms with Gasteiger partial charge in [-0.15, -0.1) is 0 Å². The highest BCUT2D eigenvalue weighted by atomic mass is 32.2. The fraction of sp³-hybridized carbons (Fsp3) is 0.250. The molecule has 21 heavy (non-hydrogen) atoms. The SMILES string of the molecule is Cc1nn(C(=O)c2ccnc(CNS(C)(=O)=O)c2)cc1N. The maximum absolute atomic E-state index is 12.2. The van der Waals surface area contributed by atoms with E-state index in [1.807, 2.05) is 0 Å². The van der Waals surface area contributed by atoms with Crippen LogP contribution in [-0.4, -0.2) is 35.3 Å². The van der Waals surface area contributed by atoms with Gasteiger partial charge in [-0.3, -0.25) is 9.78 Å². The number of nitrogen functional groups attached to an aromatic ring is 1. The number of nitrogens with two attached hydrogens (primary N) is 1. The summed E-state index contributed by atoms with van der Waals surface area (Å²) in [6, 6.07) is 3.03. The van der Waals surface area contributed by atoms with Gasteiger partial charge in [0.2, 0.25) is 10.0 Å². The normalized spacial score (nSPS) is 11.5. The molecular formula is C12H15N5O3S. The lowest BCUT2D eigenvalue weighted by molar-refractivity contribution is 0.0944. The molecule has 0 radical (unpaired) electrons. The smallest absolute Gasteiger partial charge is 0.278 e. The van der Waals surface area contributed by atoms with Crippen molar-refractivity contribution in [3.05, 3.63) is 41.5 Å². The van der Waals surface area contributed by atoms with Crippen LogP contribution in [0.1, 0.15) is 21.7 Å². The van der Waals surface area contributed by atoms with Gasteiger partial charge in [0.05, 0.1) is 36.1 Å². The van der Waals surface area contributed by atoms with Crippen molar-refractivity contribution in [2.45, 2.75) is 13.5 Å². The Hall–Kier alpha value is -2.26. The molecule has 0 amide bonds. The van der Waals surface area contributed by atoms with Crippen LogP contribution in [0.25, 0.3) is 0 Å². The van der Waals surface area contributed by atoms with E-state index in [-0.39, 0.29) is 12.5 Å². The molecule has 8 nitrogen and oxygen atoms in total. The van der Waals surface area contributed by atoms with E-state index in [0.29, 0.717) is 22.6 Å². The number of aromatic nitrogens is 3. The lowest BCUT2D eigenvalue weighted by atomic mass is 10.2. The second-order valence-corrected chi connectivity index (χ2v) is 6.38. The van der Waals surface area contributed by atoms with E-state index in [4.69, 9.17) is 5.73 Å². The van der Waals surface area contributed by atoms with Crippen molar-refractivity contribution in [2.24, 2.45) is 0 Å². The number of anilines is 1. The Morgan fingerprint density at radius 3 is 2.76 bits per heavy atom. The number of sulfonamides is 1. The second kappa shape index (κ2) is 5.62. The van der Waals surface area contributed by atoms with Crippen LogP contribution >= 0.6 is 0 Å². The first-order valence-corrected chi connectivity index (χ1v) is 7.91. The molecular weight excluding hydrogens is 294 g/mol. The van der Waals surface area contributed by atoms with Crippen LogP contribution in [-0.2, 0) is 16.6 Å². The Labute approximate surface area is 122 Å². The number of carbonyl (C=O) groups excluding carboxylic acids is 1. The van der Waals surface area contributed by atoms with Crippen molar-refractivity contribution in [3.8, 4) is 0 Å². The third-order valence-corrected chi connectivity index (χ3v) is 3.39. The number of rotatable bonds is 4. The predicted molar refractivity (Wildman–Crippen MR) is 77.0 cm³/mol. The summed E-state index contributed by atoms with van der Waals surface area (Å²) in [5, 5.41) is 4.01. The van der Waals surface area contributed by atoms with Crippen molar-refractivity contribution < 1.29 is 13.2 Å². The molecule has 0 unspecified atom stereocenters. The van der Waals surface area contributed by atoms with E-state index in [1.165, 1.54) is 24.5 Å². The maximum Gasteiger partial charge on any atom is 0.278 e. The second-order valence-electron chi connectivity index (χ2n) is 4.55. The van der Waals surface area contributed by atoms with Crippen LogP contribution in [0.3, 0.4) is 0 Å². The number of hydrogen-bond donors (Lipinski definition) is 2. The van der Waals surface area contributed by atoms with E-state index < -0.39 is 10.0 Å². The van der Waals surface area contributed by atoms with Crippen LogP contribution in [0, 0.1) is 6.92 Å². The molecule has 9 heteroatoms. The Bertz CT molecular complexity index is 762. The van der Waals surface area contributed by atoms with Crippen LogP contribution in [0.4, 0.5) is 5.69 Å². The van der Waals surface area contributed by atoms with Gasteiger partial charge < -0.3 is 5.73 Å². The number of nitrogens with zero attached hydrogens (tertiary/aromatic N) is 3. The van der Waals surface area contributed by atoms with Crippen LogP contribution in [0.15, 0.2) is 24.5 Å². The van der Waals surface area contributed by atoms with Crippen molar-refractivity contribution >= 4 is 21.6 Å². The summed E-state index contributed by atoms with van der Waals surface area (Å²) in [6.45, 7) is 1.72. The molecule has 0 aliphatic carbocycles.